The predicted octanol–water partition coefficient (Wildman–Crippen LogP) is 2.06. The Hall–Kier alpha value is -2.86. The number of anilines is 1. The maximum absolute atomic E-state index is 13.1. The van der Waals surface area contributed by atoms with E-state index in [1.165, 1.54) is 11.3 Å². The highest BCUT2D eigenvalue weighted by Gasteiger charge is 2.40. The summed E-state index contributed by atoms with van der Waals surface area (Å²) in [6, 6.07) is 16.8. The lowest BCUT2D eigenvalue weighted by molar-refractivity contribution is -0.158. The van der Waals surface area contributed by atoms with Gasteiger partial charge in [0.15, 0.2) is 4.91 Å². The van der Waals surface area contributed by atoms with Gasteiger partial charge in [0.05, 0.1) is 32.5 Å². The van der Waals surface area contributed by atoms with E-state index in [0.717, 1.165) is 53.2 Å². The molecule has 0 radical (unpaired) electrons. The van der Waals surface area contributed by atoms with Crippen LogP contribution >= 0.6 is 11.3 Å². The van der Waals surface area contributed by atoms with Crippen LogP contribution in [-0.2, 0) is 19.5 Å². The van der Waals surface area contributed by atoms with Gasteiger partial charge in [0.2, 0.25) is 0 Å². The fraction of sp³-hybridized carbons (Fsp3) is 0.393. The SMILES string of the molecule is C/C(=C(/C#N)S(=O)(=O)NC1CO[C@H](CO)[C@@H](O)[C@@H]1O)c1ccc(-c2ccc3cc(N4CCOCC4)ccc3c2)s1. The third-order valence-corrected chi connectivity index (χ3v) is 10.1. The maximum Gasteiger partial charge on any atom is 0.251 e. The molecule has 3 heterocycles. The minimum absolute atomic E-state index is 0.264. The van der Waals surface area contributed by atoms with Crippen LogP contribution in [0.5, 0.6) is 0 Å². The van der Waals surface area contributed by atoms with Crippen molar-refractivity contribution in [3.63, 3.8) is 0 Å². The van der Waals surface area contributed by atoms with Crippen LogP contribution in [0.1, 0.15) is 11.8 Å². The Bertz CT molecular complexity index is 1560. The molecule has 12 heteroatoms. The van der Waals surface area contributed by atoms with Crippen molar-refractivity contribution in [2.24, 2.45) is 0 Å². The molecular formula is C28H31N3O7S2. The van der Waals surface area contributed by atoms with Gasteiger partial charge in [0.1, 0.15) is 24.4 Å². The molecule has 2 aliphatic rings. The van der Waals surface area contributed by atoms with Crippen LogP contribution in [0, 0.1) is 11.3 Å². The summed E-state index contributed by atoms with van der Waals surface area (Å²) >= 11 is 1.37. The topological polar surface area (TPSA) is 152 Å². The van der Waals surface area contributed by atoms with Crippen LogP contribution in [0.4, 0.5) is 5.69 Å². The van der Waals surface area contributed by atoms with Crippen LogP contribution < -0.4 is 9.62 Å². The van der Waals surface area contributed by atoms with Gasteiger partial charge in [-0.2, -0.15) is 5.26 Å². The molecule has 2 saturated heterocycles. The van der Waals surface area contributed by atoms with Gasteiger partial charge in [-0.1, -0.05) is 18.2 Å². The van der Waals surface area contributed by atoms with Gasteiger partial charge in [0.25, 0.3) is 10.0 Å². The molecular weight excluding hydrogens is 554 g/mol. The highest BCUT2D eigenvalue weighted by Crippen LogP contribution is 2.36. The van der Waals surface area contributed by atoms with E-state index < -0.39 is 45.9 Å². The quantitative estimate of drug-likeness (QED) is 0.305. The minimum atomic E-state index is -4.35. The summed E-state index contributed by atoms with van der Waals surface area (Å²) in [5, 5.41) is 41.6. The molecule has 2 fully saturated rings. The van der Waals surface area contributed by atoms with E-state index in [2.05, 4.69) is 40.0 Å². The van der Waals surface area contributed by atoms with Gasteiger partial charge in [-0.05, 0) is 59.2 Å². The Morgan fingerprint density at radius 2 is 1.82 bits per heavy atom. The van der Waals surface area contributed by atoms with Crippen LogP contribution in [0.25, 0.3) is 26.8 Å². The van der Waals surface area contributed by atoms with E-state index in [0.29, 0.717) is 4.88 Å². The number of benzene rings is 2. The van der Waals surface area contributed by atoms with Crippen molar-refractivity contribution in [1.82, 2.24) is 4.72 Å². The van der Waals surface area contributed by atoms with E-state index in [1.807, 2.05) is 12.1 Å². The number of morpholine rings is 1. The molecule has 10 nitrogen and oxygen atoms in total. The molecule has 40 heavy (non-hydrogen) atoms. The Labute approximate surface area is 236 Å². The molecule has 2 aromatic carbocycles. The van der Waals surface area contributed by atoms with E-state index in [1.54, 1.807) is 19.1 Å². The van der Waals surface area contributed by atoms with E-state index in [4.69, 9.17) is 9.47 Å². The Morgan fingerprint density at radius 3 is 2.55 bits per heavy atom. The molecule has 3 aromatic rings. The number of ether oxygens (including phenoxy) is 2. The number of nitrogens with one attached hydrogen (secondary N) is 1. The number of hydrogen-bond donors (Lipinski definition) is 4. The Kier molecular flexibility index (Phi) is 8.55. The van der Waals surface area contributed by atoms with E-state index in [-0.39, 0.29) is 12.2 Å². The van der Waals surface area contributed by atoms with Gasteiger partial charge < -0.3 is 29.7 Å². The molecule has 4 N–H and O–H groups in total. The lowest BCUT2D eigenvalue weighted by Crippen LogP contribution is -2.59. The van der Waals surface area contributed by atoms with E-state index >= 15 is 0 Å². The summed E-state index contributed by atoms with van der Waals surface area (Å²) in [4.78, 5) is 3.36. The second kappa shape index (κ2) is 11.9. The number of nitriles is 1. The number of fused-ring (bicyclic) bond motifs is 1. The molecule has 2 aliphatic heterocycles. The van der Waals surface area contributed by atoms with E-state index in [9.17, 15) is 29.0 Å². The van der Waals surface area contributed by atoms with Crippen molar-refractivity contribution in [2.75, 3.05) is 44.4 Å². The van der Waals surface area contributed by atoms with Crippen molar-refractivity contribution in [2.45, 2.75) is 31.3 Å². The first-order valence-electron chi connectivity index (χ1n) is 12.9. The molecule has 5 rings (SSSR count). The molecule has 1 unspecified atom stereocenters. The van der Waals surface area contributed by atoms with Crippen LogP contribution in [0.15, 0.2) is 53.4 Å². The smallest absolute Gasteiger partial charge is 0.251 e. The summed E-state index contributed by atoms with van der Waals surface area (Å²) in [5.41, 5.74) is 2.41. The van der Waals surface area contributed by atoms with Crippen molar-refractivity contribution >= 4 is 43.4 Å². The number of aliphatic hydroxyl groups is 3. The van der Waals surface area contributed by atoms with Gasteiger partial charge >= 0.3 is 0 Å². The summed E-state index contributed by atoms with van der Waals surface area (Å²) in [6.45, 7) is 3.96. The third kappa shape index (κ3) is 5.79. The molecule has 0 aliphatic carbocycles. The number of rotatable bonds is 7. The monoisotopic (exact) mass is 585 g/mol. The fourth-order valence-corrected chi connectivity index (χ4v) is 7.39. The summed E-state index contributed by atoms with van der Waals surface area (Å²) in [5.74, 6) is 0. The largest absolute Gasteiger partial charge is 0.394 e. The van der Waals surface area contributed by atoms with Crippen molar-refractivity contribution in [3.05, 3.63) is 58.3 Å². The van der Waals surface area contributed by atoms with Crippen molar-refractivity contribution < 1.29 is 33.2 Å². The number of aliphatic hydroxyl groups excluding tert-OH is 3. The number of sulfonamides is 1. The molecule has 0 saturated carbocycles. The van der Waals surface area contributed by atoms with Gasteiger partial charge in [0, 0.05) is 28.5 Å². The molecule has 4 atom stereocenters. The van der Waals surface area contributed by atoms with Crippen LogP contribution in [0.3, 0.4) is 0 Å². The highest BCUT2D eigenvalue weighted by atomic mass is 32.2. The first kappa shape index (κ1) is 28.7. The molecule has 0 amide bonds. The lowest BCUT2D eigenvalue weighted by atomic mass is 9.99. The number of thiophene rings is 1. The average molecular weight is 586 g/mol. The van der Waals surface area contributed by atoms with Crippen molar-refractivity contribution in [3.8, 4) is 16.5 Å². The zero-order valence-electron chi connectivity index (χ0n) is 21.9. The normalized spacial score (nSPS) is 24.5. The van der Waals surface area contributed by atoms with Crippen LogP contribution in [0.2, 0.25) is 0 Å². The van der Waals surface area contributed by atoms with Gasteiger partial charge in [-0.25, -0.2) is 13.1 Å². The molecule has 1 aromatic heterocycles. The van der Waals surface area contributed by atoms with Crippen molar-refractivity contribution in [1.29, 1.82) is 5.26 Å². The molecule has 0 bridgehead atoms. The number of hydrogen-bond acceptors (Lipinski definition) is 10. The zero-order chi connectivity index (χ0) is 28.4. The van der Waals surface area contributed by atoms with Crippen LogP contribution in [-0.4, -0.2) is 87.6 Å². The first-order valence-corrected chi connectivity index (χ1v) is 15.2. The highest BCUT2D eigenvalue weighted by molar-refractivity contribution is 7.93. The zero-order valence-corrected chi connectivity index (χ0v) is 23.5. The van der Waals surface area contributed by atoms with Gasteiger partial charge in [-0.15, -0.1) is 11.3 Å². The third-order valence-electron chi connectivity index (χ3n) is 7.29. The maximum atomic E-state index is 13.1. The number of allylic oxidation sites excluding steroid dienone is 2. The average Bonchev–Trinajstić information content (AvgIpc) is 3.46. The molecule has 0 spiro atoms. The Morgan fingerprint density at radius 1 is 1.10 bits per heavy atom. The van der Waals surface area contributed by atoms with Gasteiger partial charge in [-0.3, -0.25) is 0 Å². The second-order valence-corrected chi connectivity index (χ2v) is 12.6. The summed E-state index contributed by atoms with van der Waals surface area (Å²) in [6.07, 6.45) is -4.00. The number of nitrogens with zero attached hydrogens (tertiary/aromatic N) is 2. The Balaban J connectivity index is 1.36. The molecule has 212 valence electrons. The first-order chi connectivity index (χ1) is 19.2. The second-order valence-electron chi connectivity index (χ2n) is 9.84. The summed E-state index contributed by atoms with van der Waals surface area (Å²) in [7, 11) is -4.35. The standard InChI is InChI=1S/C28H31N3O7S2/c1-17(26(14-29)40(35,36)30-22-16-38-23(15-32)28(34)27(22)33)24-6-7-25(39-24)20-3-2-19-13-21(5-4-18(19)12-20)31-8-10-37-11-9-31/h2-7,12-13,22-23,27-28,30,32-34H,8-11,15-16H2,1H3/b26-17+/t22?,23-,27-,28-/m1/s1. The predicted molar refractivity (Wildman–Crippen MR) is 153 cm³/mol. The minimum Gasteiger partial charge on any atom is -0.394 e. The lowest BCUT2D eigenvalue weighted by Gasteiger charge is -2.36. The fourth-order valence-electron chi connectivity index (χ4n) is 4.96. The summed E-state index contributed by atoms with van der Waals surface area (Å²) < 4.78 is 39.2.